The molecule has 21 heavy (non-hydrogen) atoms. The number of nitrogens with zero attached hydrogens (tertiary/aromatic N) is 1. The van der Waals surface area contributed by atoms with E-state index >= 15 is 0 Å². The molecule has 0 spiro atoms. The summed E-state index contributed by atoms with van der Waals surface area (Å²) in [4.78, 5) is 24.5. The Morgan fingerprint density at radius 3 is 2.57 bits per heavy atom. The van der Waals surface area contributed by atoms with Crippen molar-refractivity contribution in [3.63, 3.8) is 0 Å². The molecule has 114 valence electrons. The van der Waals surface area contributed by atoms with Gasteiger partial charge in [0.1, 0.15) is 0 Å². The minimum atomic E-state index is -0.958. The summed E-state index contributed by atoms with van der Waals surface area (Å²) in [5.74, 6) is -0.958. The Labute approximate surface area is 123 Å². The molecular weight excluding hydrogens is 272 g/mol. The highest BCUT2D eigenvalue weighted by Gasteiger charge is 2.30. The van der Waals surface area contributed by atoms with E-state index < -0.39 is 5.97 Å². The van der Waals surface area contributed by atoms with Gasteiger partial charge < -0.3 is 20.1 Å². The van der Waals surface area contributed by atoms with Crippen molar-refractivity contribution < 1.29 is 19.4 Å². The van der Waals surface area contributed by atoms with Crippen LogP contribution in [-0.4, -0.2) is 47.8 Å². The van der Waals surface area contributed by atoms with Gasteiger partial charge in [-0.3, -0.25) is 0 Å². The van der Waals surface area contributed by atoms with Crippen molar-refractivity contribution in [3.8, 4) is 0 Å². The van der Waals surface area contributed by atoms with Gasteiger partial charge in [-0.2, -0.15) is 0 Å². The van der Waals surface area contributed by atoms with Crippen LogP contribution in [0.1, 0.15) is 29.3 Å². The second-order valence-electron chi connectivity index (χ2n) is 5.20. The molecule has 2 unspecified atom stereocenters. The van der Waals surface area contributed by atoms with Crippen LogP contribution in [0.2, 0.25) is 0 Å². The van der Waals surface area contributed by atoms with E-state index in [4.69, 9.17) is 9.84 Å². The second kappa shape index (κ2) is 6.58. The molecule has 1 aromatic rings. The molecule has 0 bridgehead atoms. The highest BCUT2D eigenvalue weighted by atomic mass is 16.5. The van der Waals surface area contributed by atoms with Gasteiger partial charge in [0, 0.05) is 20.2 Å². The van der Waals surface area contributed by atoms with Crippen molar-refractivity contribution in [1.82, 2.24) is 10.2 Å². The van der Waals surface area contributed by atoms with Crippen molar-refractivity contribution in [3.05, 3.63) is 35.4 Å². The van der Waals surface area contributed by atoms with Crippen molar-refractivity contribution >= 4 is 12.0 Å². The van der Waals surface area contributed by atoms with E-state index in [0.717, 1.165) is 12.0 Å². The van der Waals surface area contributed by atoms with Crippen LogP contribution in [0.15, 0.2) is 24.3 Å². The molecule has 0 saturated carbocycles. The van der Waals surface area contributed by atoms with E-state index in [9.17, 15) is 9.59 Å². The number of hydrogen-bond donors (Lipinski definition) is 2. The van der Waals surface area contributed by atoms with Gasteiger partial charge in [-0.05, 0) is 31.0 Å². The van der Waals surface area contributed by atoms with Crippen molar-refractivity contribution in [2.75, 3.05) is 13.7 Å². The Hall–Kier alpha value is -2.08. The van der Waals surface area contributed by atoms with Gasteiger partial charge in [-0.25, -0.2) is 9.59 Å². The monoisotopic (exact) mass is 292 g/mol. The molecule has 2 rings (SSSR count). The summed E-state index contributed by atoms with van der Waals surface area (Å²) in [6.07, 6.45) is 0.897. The third kappa shape index (κ3) is 3.72. The smallest absolute Gasteiger partial charge is 0.335 e. The zero-order valence-corrected chi connectivity index (χ0v) is 12.2. The van der Waals surface area contributed by atoms with Crippen LogP contribution in [0.3, 0.4) is 0 Å². The predicted molar refractivity (Wildman–Crippen MR) is 77.2 cm³/mol. The average molecular weight is 292 g/mol. The normalized spacial score (nSPS) is 21.0. The van der Waals surface area contributed by atoms with Gasteiger partial charge in [0.05, 0.1) is 17.7 Å². The summed E-state index contributed by atoms with van der Waals surface area (Å²) in [5, 5.41) is 11.7. The highest BCUT2D eigenvalue weighted by molar-refractivity contribution is 5.87. The van der Waals surface area contributed by atoms with Gasteiger partial charge in [-0.15, -0.1) is 0 Å². The number of likely N-dealkylation sites (N-methyl/N-ethyl adjacent to an activating group) is 1. The second-order valence-corrected chi connectivity index (χ2v) is 5.20. The summed E-state index contributed by atoms with van der Waals surface area (Å²) in [5.41, 5.74) is 1.09. The number of ether oxygens (including phenoxy) is 1. The quantitative estimate of drug-likeness (QED) is 0.885. The van der Waals surface area contributed by atoms with Crippen molar-refractivity contribution in [2.45, 2.75) is 32.0 Å². The summed E-state index contributed by atoms with van der Waals surface area (Å²) in [7, 11) is 1.76. The summed E-state index contributed by atoms with van der Waals surface area (Å²) >= 11 is 0. The molecule has 1 aliphatic heterocycles. The Kier molecular flexibility index (Phi) is 4.80. The lowest BCUT2D eigenvalue weighted by Crippen LogP contribution is -2.46. The number of aromatic carboxylic acids is 1. The summed E-state index contributed by atoms with van der Waals surface area (Å²) in [6.45, 7) is 3.01. The molecule has 0 radical (unpaired) electrons. The molecule has 1 fully saturated rings. The number of benzene rings is 1. The number of nitrogens with one attached hydrogen (secondary N) is 1. The van der Waals surface area contributed by atoms with Gasteiger partial charge in [0.25, 0.3) is 0 Å². The Balaban J connectivity index is 1.87. The summed E-state index contributed by atoms with van der Waals surface area (Å²) in [6, 6.07) is 6.40. The lowest BCUT2D eigenvalue weighted by atomic mass is 10.1. The largest absolute Gasteiger partial charge is 0.478 e. The topological polar surface area (TPSA) is 78.9 Å². The van der Waals surface area contributed by atoms with Gasteiger partial charge in [-0.1, -0.05) is 12.1 Å². The number of carboxylic acid groups (broad SMARTS) is 1. The van der Waals surface area contributed by atoms with Crippen LogP contribution in [0, 0.1) is 0 Å². The number of rotatable bonds is 4. The van der Waals surface area contributed by atoms with Crippen molar-refractivity contribution in [2.24, 2.45) is 0 Å². The third-order valence-electron chi connectivity index (χ3n) is 3.80. The standard InChI is InChI=1S/C15H20N2O4/c1-10-13(7-8-21-10)17(2)15(20)16-9-11-3-5-12(6-4-11)14(18)19/h3-6,10,13H,7-9H2,1-2H3,(H,16,20)(H,18,19). The van der Waals surface area contributed by atoms with Crippen LogP contribution < -0.4 is 5.32 Å². The first-order valence-corrected chi connectivity index (χ1v) is 6.93. The van der Waals surface area contributed by atoms with Crippen molar-refractivity contribution in [1.29, 1.82) is 0 Å². The fourth-order valence-electron chi connectivity index (χ4n) is 2.45. The Bertz CT molecular complexity index is 515. The number of hydrogen-bond acceptors (Lipinski definition) is 3. The molecular formula is C15H20N2O4. The molecule has 2 N–H and O–H groups in total. The number of urea groups is 1. The molecule has 6 heteroatoms. The van der Waals surface area contributed by atoms with E-state index in [2.05, 4.69) is 5.32 Å². The first-order chi connectivity index (χ1) is 9.99. The van der Waals surface area contributed by atoms with Crippen LogP contribution >= 0.6 is 0 Å². The van der Waals surface area contributed by atoms with Gasteiger partial charge in [0.15, 0.2) is 0 Å². The Morgan fingerprint density at radius 2 is 2.05 bits per heavy atom. The lowest BCUT2D eigenvalue weighted by Gasteiger charge is -2.26. The number of carbonyl (C=O) groups is 2. The van der Waals surface area contributed by atoms with E-state index in [0.29, 0.717) is 13.2 Å². The van der Waals surface area contributed by atoms with E-state index in [1.165, 1.54) is 12.1 Å². The molecule has 1 aliphatic rings. The first kappa shape index (κ1) is 15.3. The molecule has 6 nitrogen and oxygen atoms in total. The highest BCUT2D eigenvalue weighted by Crippen LogP contribution is 2.18. The maximum Gasteiger partial charge on any atom is 0.335 e. The zero-order chi connectivity index (χ0) is 15.4. The van der Waals surface area contributed by atoms with Crippen LogP contribution in [0.25, 0.3) is 0 Å². The van der Waals surface area contributed by atoms with E-state index in [1.807, 2.05) is 6.92 Å². The summed E-state index contributed by atoms with van der Waals surface area (Å²) < 4.78 is 5.46. The molecule has 2 atom stereocenters. The van der Waals surface area contributed by atoms with Crippen LogP contribution in [0.4, 0.5) is 4.79 Å². The van der Waals surface area contributed by atoms with Crippen LogP contribution in [-0.2, 0) is 11.3 Å². The number of carbonyl (C=O) groups excluding carboxylic acids is 1. The minimum Gasteiger partial charge on any atom is -0.478 e. The zero-order valence-electron chi connectivity index (χ0n) is 12.2. The SMILES string of the molecule is CC1OCCC1N(C)C(=O)NCc1ccc(C(=O)O)cc1. The minimum absolute atomic E-state index is 0.0515. The maximum atomic E-state index is 12.1. The molecule has 0 aromatic heterocycles. The van der Waals surface area contributed by atoms with Gasteiger partial charge in [0.2, 0.25) is 0 Å². The molecule has 0 aliphatic carbocycles. The molecule has 2 amide bonds. The Morgan fingerprint density at radius 1 is 1.38 bits per heavy atom. The van der Waals surface area contributed by atoms with Crippen LogP contribution in [0.5, 0.6) is 0 Å². The maximum absolute atomic E-state index is 12.1. The molecule has 1 heterocycles. The number of carboxylic acids is 1. The fourth-order valence-corrected chi connectivity index (χ4v) is 2.45. The first-order valence-electron chi connectivity index (χ1n) is 6.93. The lowest BCUT2D eigenvalue weighted by molar-refractivity contribution is 0.0697. The predicted octanol–water partition coefficient (Wildman–Crippen LogP) is 1.70. The number of amides is 2. The van der Waals surface area contributed by atoms with E-state index in [1.54, 1.807) is 24.1 Å². The molecule has 1 saturated heterocycles. The third-order valence-corrected chi connectivity index (χ3v) is 3.80. The van der Waals surface area contributed by atoms with E-state index in [-0.39, 0.29) is 23.7 Å². The molecule has 1 aromatic carbocycles. The average Bonchev–Trinajstić information content (AvgIpc) is 2.90. The fraction of sp³-hybridized carbons (Fsp3) is 0.467. The van der Waals surface area contributed by atoms with Gasteiger partial charge >= 0.3 is 12.0 Å².